The number of aromatic nitrogens is 3. The molecule has 0 amide bonds. The zero-order valence-corrected chi connectivity index (χ0v) is 18.1. The Morgan fingerprint density at radius 3 is 2.73 bits per heavy atom. The van der Waals surface area contributed by atoms with E-state index in [9.17, 15) is 8.42 Å². The summed E-state index contributed by atoms with van der Waals surface area (Å²) in [6.45, 7) is 5.45. The van der Waals surface area contributed by atoms with Gasteiger partial charge >= 0.3 is 0 Å². The Morgan fingerprint density at radius 2 is 2.00 bits per heavy atom. The molecule has 0 saturated carbocycles. The van der Waals surface area contributed by atoms with Gasteiger partial charge in [-0.2, -0.15) is 4.31 Å². The van der Waals surface area contributed by atoms with Gasteiger partial charge in [0.25, 0.3) is 0 Å². The molecule has 160 valence electrons. The lowest BCUT2D eigenvalue weighted by Gasteiger charge is -2.26. The lowest BCUT2D eigenvalue weighted by molar-refractivity contribution is 0.243. The lowest BCUT2D eigenvalue weighted by atomic mass is 10.2. The molecular weight excluding hydrogens is 402 g/mol. The van der Waals surface area contributed by atoms with Crippen molar-refractivity contribution in [1.82, 2.24) is 18.7 Å². The number of imidazole rings is 1. The van der Waals surface area contributed by atoms with Crippen molar-refractivity contribution in [1.29, 1.82) is 0 Å². The standard InChI is InChI=1S/C21H27N5O3S/c1-16(2)29-20-8-7-18(30(27,28)26-11-4-3-5-12-26)13-19(20)23-14-17-15-25-10-6-9-22-21(25)24-17/h6-10,13,15-16,23H,3-5,11-12,14H2,1-2H3. The van der Waals surface area contributed by atoms with Crippen molar-refractivity contribution in [2.24, 2.45) is 0 Å². The predicted molar refractivity (Wildman–Crippen MR) is 115 cm³/mol. The van der Waals surface area contributed by atoms with Crippen molar-refractivity contribution >= 4 is 21.5 Å². The second-order valence-electron chi connectivity index (χ2n) is 7.70. The van der Waals surface area contributed by atoms with Crippen LogP contribution in [-0.4, -0.2) is 46.3 Å². The molecule has 0 atom stereocenters. The molecule has 0 bridgehead atoms. The summed E-state index contributed by atoms with van der Waals surface area (Å²) in [5, 5.41) is 3.30. The van der Waals surface area contributed by atoms with Gasteiger partial charge in [0.1, 0.15) is 5.75 Å². The quantitative estimate of drug-likeness (QED) is 0.620. The molecule has 1 aliphatic heterocycles. The highest BCUT2D eigenvalue weighted by Crippen LogP contribution is 2.31. The van der Waals surface area contributed by atoms with Crippen LogP contribution in [-0.2, 0) is 16.6 Å². The van der Waals surface area contributed by atoms with E-state index in [0.717, 1.165) is 25.0 Å². The van der Waals surface area contributed by atoms with Gasteiger partial charge in [-0.25, -0.2) is 18.4 Å². The van der Waals surface area contributed by atoms with Crippen LogP contribution >= 0.6 is 0 Å². The fourth-order valence-electron chi connectivity index (χ4n) is 3.57. The topological polar surface area (TPSA) is 88.8 Å². The summed E-state index contributed by atoms with van der Waals surface area (Å²) < 4.78 is 35.5. The van der Waals surface area contributed by atoms with Crippen LogP contribution in [0.25, 0.3) is 5.78 Å². The van der Waals surface area contributed by atoms with E-state index in [1.54, 1.807) is 28.7 Å². The highest BCUT2D eigenvalue weighted by atomic mass is 32.2. The van der Waals surface area contributed by atoms with Crippen LogP contribution in [0.1, 0.15) is 38.8 Å². The van der Waals surface area contributed by atoms with Gasteiger partial charge in [-0.05, 0) is 51.0 Å². The summed E-state index contributed by atoms with van der Waals surface area (Å²) in [7, 11) is -3.53. The van der Waals surface area contributed by atoms with Gasteiger partial charge < -0.3 is 10.1 Å². The van der Waals surface area contributed by atoms with Crippen molar-refractivity contribution in [3.05, 3.63) is 48.5 Å². The van der Waals surface area contributed by atoms with Crippen molar-refractivity contribution in [2.75, 3.05) is 18.4 Å². The number of benzene rings is 1. The molecule has 1 aromatic carbocycles. The predicted octanol–water partition coefficient (Wildman–Crippen LogP) is 3.30. The SMILES string of the molecule is CC(C)Oc1ccc(S(=O)(=O)N2CCCCC2)cc1NCc1cn2cccnc2n1. The minimum Gasteiger partial charge on any atom is -0.489 e. The number of hydrogen-bond donors (Lipinski definition) is 1. The molecular formula is C21H27N5O3S. The largest absolute Gasteiger partial charge is 0.489 e. The minimum atomic E-state index is -3.53. The van der Waals surface area contributed by atoms with Crippen LogP contribution in [0.15, 0.2) is 47.8 Å². The van der Waals surface area contributed by atoms with Crippen LogP contribution in [0.2, 0.25) is 0 Å². The molecule has 9 heteroatoms. The minimum absolute atomic E-state index is 0.0329. The summed E-state index contributed by atoms with van der Waals surface area (Å²) in [5.74, 6) is 1.24. The maximum Gasteiger partial charge on any atom is 0.243 e. The zero-order valence-electron chi connectivity index (χ0n) is 17.3. The summed E-state index contributed by atoms with van der Waals surface area (Å²) in [4.78, 5) is 8.99. The van der Waals surface area contributed by atoms with E-state index in [2.05, 4.69) is 15.3 Å². The summed E-state index contributed by atoms with van der Waals surface area (Å²) >= 11 is 0. The van der Waals surface area contributed by atoms with Crippen LogP contribution in [0.5, 0.6) is 5.75 Å². The molecule has 3 heterocycles. The van der Waals surface area contributed by atoms with Crippen molar-refractivity contribution < 1.29 is 13.2 Å². The molecule has 1 saturated heterocycles. The van der Waals surface area contributed by atoms with E-state index in [0.29, 0.717) is 36.8 Å². The van der Waals surface area contributed by atoms with E-state index in [-0.39, 0.29) is 11.0 Å². The van der Waals surface area contributed by atoms with Gasteiger partial charge in [-0.3, -0.25) is 4.40 Å². The van der Waals surface area contributed by atoms with Crippen molar-refractivity contribution in [3.63, 3.8) is 0 Å². The average molecular weight is 430 g/mol. The molecule has 30 heavy (non-hydrogen) atoms. The molecule has 0 aliphatic carbocycles. The smallest absolute Gasteiger partial charge is 0.243 e. The van der Waals surface area contributed by atoms with Gasteiger partial charge in [0.05, 0.1) is 28.9 Å². The molecule has 0 radical (unpaired) electrons. The Morgan fingerprint density at radius 1 is 1.20 bits per heavy atom. The average Bonchev–Trinajstić information content (AvgIpc) is 3.16. The fraction of sp³-hybridized carbons (Fsp3) is 0.429. The van der Waals surface area contributed by atoms with E-state index in [1.807, 2.05) is 36.7 Å². The first-order valence-electron chi connectivity index (χ1n) is 10.3. The van der Waals surface area contributed by atoms with Gasteiger partial charge in [-0.1, -0.05) is 6.42 Å². The van der Waals surface area contributed by atoms with Gasteiger partial charge in [0.15, 0.2) is 0 Å². The summed E-state index contributed by atoms with van der Waals surface area (Å²) in [5.41, 5.74) is 1.43. The molecule has 4 rings (SSSR count). The number of anilines is 1. The van der Waals surface area contributed by atoms with E-state index >= 15 is 0 Å². The molecule has 8 nitrogen and oxygen atoms in total. The highest BCUT2D eigenvalue weighted by Gasteiger charge is 2.27. The van der Waals surface area contributed by atoms with Gasteiger partial charge in [0, 0.05) is 31.7 Å². The number of nitrogens with one attached hydrogen (secondary N) is 1. The second-order valence-corrected chi connectivity index (χ2v) is 9.64. The maximum atomic E-state index is 13.1. The first-order valence-corrected chi connectivity index (χ1v) is 11.7. The van der Waals surface area contributed by atoms with Gasteiger partial charge in [-0.15, -0.1) is 0 Å². The molecule has 0 unspecified atom stereocenters. The van der Waals surface area contributed by atoms with Crippen LogP contribution < -0.4 is 10.1 Å². The molecule has 0 spiro atoms. The molecule has 1 fully saturated rings. The Hall–Kier alpha value is -2.65. The second kappa shape index (κ2) is 8.61. The van der Waals surface area contributed by atoms with E-state index in [1.165, 1.54) is 0 Å². The molecule has 1 N–H and O–H groups in total. The molecule has 1 aliphatic rings. The van der Waals surface area contributed by atoms with Crippen LogP contribution in [0.4, 0.5) is 5.69 Å². The summed E-state index contributed by atoms with van der Waals surface area (Å²) in [6.07, 6.45) is 8.33. The Labute approximate surface area is 177 Å². The Bertz CT molecular complexity index is 1090. The van der Waals surface area contributed by atoms with Crippen molar-refractivity contribution in [2.45, 2.75) is 50.7 Å². The Balaban J connectivity index is 1.61. The fourth-order valence-corrected chi connectivity index (χ4v) is 5.11. The van der Waals surface area contributed by atoms with Crippen molar-refractivity contribution in [3.8, 4) is 5.75 Å². The number of hydrogen-bond acceptors (Lipinski definition) is 6. The lowest BCUT2D eigenvalue weighted by Crippen LogP contribution is -2.35. The number of fused-ring (bicyclic) bond motifs is 1. The number of rotatable bonds is 7. The maximum absolute atomic E-state index is 13.1. The van der Waals surface area contributed by atoms with Gasteiger partial charge in [0.2, 0.25) is 15.8 Å². The normalized spacial score (nSPS) is 15.6. The van der Waals surface area contributed by atoms with Crippen LogP contribution in [0.3, 0.4) is 0 Å². The zero-order chi connectivity index (χ0) is 21.1. The number of sulfonamides is 1. The first-order chi connectivity index (χ1) is 14.4. The third-order valence-corrected chi connectivity index (χ3v) is 6.91. The van der Waals surface area contributed by atoms with E-state index < -0.39 is 10.0 Å². The third-order valence-electron chi connectivity index (χ3n) is 5.01. The van der Waals surface area contributed by atoms with Crippen LogP contribution in [0, 0.1) is 0 Å². The number of piperidine rings is 1. The number of nitrogens with zero attached hydrogens (tertiary/aromatic N) is 4. The first kappa shape index (κ1) is 20.6. The third kappa shape index (κ3) is 4.41. The Kier molecular flexibility index (Phi) is 5.92. The number of ether oxygens (including phenoxy) is 1. The summed E-state index contributed by atoms with van der Waals surface area (Å²) in [6, 6.07) is 6.86. The van der Waals surface area contributed by atoms with E-state index in [4.69, 9.17) is 4.74 Å². The molecule has 2 aromatic heterocycles. The monoisotopic (exact) mass is 429 g/mol. The highest BCUT2D eigenvalue weighted by molar-refractivity contribution is 7.89. The molecule has 3 aromatic rings.